The summed E-state index contributed by atoms with van der Waals surface area (Å²) in [4.78, 5) is 37.9. The molecule has 1 heterocycles. The molecule has 0 aliphatic carbocycles. The van der Waals surface area contributed by atoms with Crippen LogP contribution in [0.3, 0.4) is 0 Å². The van der Waals surface area contributed by atoms with Crippen LogP contribution in [0.25, 0.3) is 0 Å². The number of amides is 2. The Morgan fingerprint density at radius 3 is 2.58 bits per heavy atom. The first-order chi connectivity index (χ1) is 17.2. The molecule has 0 radical (unpaired) electrons. The van der Waals surface area contributed by atoms with E-state index >= 15 is 0 Å². The highest BCUT2D eigenvalue weighted by Crippen LogP contribution is 2.42. The predicted octanol–water partition coefficient (Wildman–Crippen LogP) is 4.64. The molecule has 2 N–H and O–H groups in total. The molecule has 0 spiro atoms. The van der Waals surface area contributed by atoms with E-state index < -0.39 is 35.4 Å². The lowest BCUT2D eigenvalue weighted by molar-refractivity contribution is -0.150. The first kappa shape index (κ1) is 27.3. The van der Waals surface area contributed by atoms with Gasteiger partial charge in [-0.2, -0.15) is 5.26 Å². The van der Waals surface area contributed by atoms with Gasteiger partial charge in [-0.05, 0) is 42.8 Å². The first-order valence-corrected chi connectivity index (χ1v) is 12.3. The van der Waals surface area contributed by atoms with Crippen molar-refractivity contribution in [2.75, 3.05) is 24.8 Å². The number of anilines is 1. The van der Waals surface area contributed by atoms with E-state index in [2.05, 4.69) is 10.6 Å². The average molecular weight is 552 g/mol. The zero-order chi connectivity index (χ0) is 26.4. The van der Waals surface area contributed by atoms with Crippen molar-refractivity contribution < 1.29 is 28.2 Å². The van der Waals surface area contributed by atoms with Crippen LogP contribution in [0.5, 0.6) is 5.75 Å². The van der Waals surface area contributed by atoms with E-state index in [1.165, 1.54) is 18.2 Å². The van der Waals surface area contributed by atoms with Crippen molar-refractivity contribution in [1.29, 1.82) is 5.26 Å². The third kappa shape index (κ3) is 6.10. The highest BCUT2D eigenvalue weighted by Gasteiger charge is 2.44. The van der Waals surface area contributed by atoms with Gasteiger partial charge >= 0.3 is 5.97 Å². The van der Waals surface area contributed by atoms with E-state index in [4.69, 9.17) is 32.7 Å². The summed E-state index contributed by atoms with van der Waals surface area (Å²) in [7, 11) is 1.14. The molecule has 1 aliphatic heterocycles. The topological polar surface area (TPSA) is 118 Å². The third-order valence-corrected chi connectivity index (χ3v) is 6.75. The Labute approximate surface area is 220 Å². The number of allylic oxidation sites excluding steroid dienone is 1. The third-order valence-electron chi connectivity index (χ3n) is 5.15. The molecule has 3 rings (SSSR count). The van der Waals surface area contributed by atoms with Crippen LogP contribution in [-0.4, -0.2) is 37.3 Å². The van der Waals surface area contributed by atoms with Gasteiger partial charge in [-0.25, -0.2) is 4.39 Å². The van der Waals surface area contributed by atoms with Gasteiger partial charge in [0.2, 0.25) is 11.8 Å². The van der Waals surface area contributed by atoms with Gasteiger partial charge in [0.05, 0.1) is 46.2 Å². The molecule has 0 fully saturated rings. The maximum atomic E-state index is 13.3. The van der Waals surface area contributed by atoms with Crippen molar-refractivity contribution in [2.24, 2.45) is 5.92 Å². The number of halogens is 3. The Morgan fingerprint density at radius 2 is 1.97 bits per heavy atom. The summed E-state index contributed by atoms with van der Waals surface area (Å²) < 4.78 is 23.6. The van der Waals surface area contributed by atoms with Crippen molar-refractivity contribution in [3.8, 4) is 11.8 Å². The molecule has 0 bridgehead atoms. The number of methoxy groups -OCH3 is 1. The van der Waals surface area contributed by atoms with Crippen LogP contribution in [0.15, 0.2) is 47.0 Å². The second-order valence-electron chi connectivity index (χ2n) is 7.41. The molecule has 8 nitrogen and oxygen atoms in total. The second-order valence-corrected chi connectivity index (χ2v) is 9.21. The Morgan fingerprint density at radius 1 is 1.22 bits per heavy atom. The van der Waals surface area contributed by atoms with Crippen LogP contribution in [0, 0.1) is 23.1 Å². The summed E-state index contributed by atoms with van der Waals surface area (Å²) in [6, 6.07) is 10.5. The summed E-state index contributed by atoms with van der Waals surface area (Å²) in [5.74, 6) is -4.78. The van der Waals surface area contributed by atoms with E-state index in [9.17, 15) is 24.0 Å². The van der Waals surface area contributed by atoms with Gasteiger partial charge in [-0.15, -0.1) is 0 Å². The maximum Gasteiger partial charge on any atom is 0.319 e. The fourth-order valence-electron chi connectivity index (χ4n) is 3.57. The number of hydrogen-bond donors (Lipinski definition) is 2. The quantitative estimate of drug-likeness (QED) is 0.362. The largest absolute Gasteiger partial charge is 0.492 e. The van der Waals surface area contributed by atoms with Crippen LogP contribution >= 0.6 is 35.0 Å². The molecular weight excluding hydrogens is 532 g/mol. The minimum atomic E-state index is -1.35. The van der Waals surface area contributed by atoms with Gasteiger partial charge in [-0.1, -0.05) is 41.0 Å². The molecule has 0 aromatic heterocycles. The number of nitrogens with one attached hydrogen (secondary N) is 2. The monoisotopic (exact) mass is 551 g/mol. The van der Waals surface area contributed by atoms with Crippen molar-refractivity contribution in [1.82, 2.24) is 5.32 Å². The normalized spacial score (nSPS) is 17.2. The molecule has 2 aromatic rings. The minimum Gasteiger partial charge on any atom is -0.492 e. The van der Waals surface area contributed by atoms with Crippen LogP contribution in [0.1, 0.15) is 18.4 Å². The minimum absolute atomic E-state index is 0.0628. The Kier molecular flexibility index (Phi) is 9.20. The highest BCUT2D eigenvalue weighted by atomic mass is 35.5. The Bertz CT molecular complexity index is 1280. The summed E-state index contributed by atoms with van der Waals surface area (Å²) in [6.07, 6.45) is 0. The molecule has 2 aromatic carbocycles. The number of ether oxygens (including phenoxy) is 2. The number of thioether (sulfide) groups is 1. The van der Waals surface area contributed by atoms with E-state index in [0.717, 1.165) is 24.9 Å². The second kappa shape index (κ2) is 12.1. The number of carbonyl (C=O) groups is 3. The Balaban J connectivity index is 1.91. The van der Waals surface area contributed by atoms with Crippen LogP contribution in [0.2, 0.25) is 10.0 Å². The SMILES string of the molecule is CCOc1ccc([C@H]2C(C#N)=C(SCC(=O)Nc3ccc(F)c(Cl)c3)NC(=O)[C@@H]2C(=O)OC)cc1Cl. The molecule has 0 saturated heterocycles. The van der Waals surface area contributed by atoms with E-state index in [1.54, 1.807) is 19.1 Å². The van der Waals surface area contributed by atoms with Gasteiger partial charge in [-0.3, -0.25) is 14.4 Å². The molecule has 0 unspecified atom stereocenters. The molecule has 12 heteroatoms. The van der Waals surface area contributed by atoms with Crippen molar-refractivity contribution in [3.63, 3.8) is 0 Å². The van der Waals surface area contributed by atoms with Gasteiger partial charge in [0.1, 0.15) is 17.5 Å². The molecule has 2 atom stereocenters. The lowest BCUT2D eigenvalue weighted by Crippen LogP contribution is -2.44. The first-order valence-electron chi connectivity index (χ1n) is 10.5. The number of hydrogen-bond acceptors (Lipinski definition) is 7. The van der Waals surface area contributed by atoms with Crippen molar-refractivity contribution in [3.05, 3.63) is 68.4 Å². The van der Waals surface area contributed by atoms with Crippen molar-refractivity contribution >= 4 is 58.4 Å². The fraction of sp³-hybridized carbons (Fsp3) is 0.250. The maximum absolute atomic E-state index is 13.3. The van der Waals surface area contributed by atoms with Gasteiger partial charge in [0, 0.05) is 11.6 Å². The smallest absolute Gasteiger partial charge is 0.319 e. The molecular formula is C24H20Cl2FN3O5S. The number of esters is 1. The van der Waals surface area contributed by atoms with E-state index in [1.807, 2.05) is 6.07 Å². The van der Waals surface area contributed by atoms with Crippen LogP contribution < -0.4 is 15.4 Å². The predicted molar refractivity (Wildman–Crippen MR) is 134 cm³/mol. The van der Waals surface area contributed by atoms with Gasteiger partial charge in [0.25, 0.3) is 0 Å². The molecule has 36 heavy (non-hydrogen) atoms. The van der Waals surface area contributed by atoms with Crippen LogP contribution in [-0.2, 0) is 19.1 Å². The molecule has 188 valence electrons. The van der Waals surface area contributed by atoms with Crippen molar-refractivity contribution in [2.45, 2.75) is 12.8 Å². The zero-order valence-electron chi connectivity index (χ0n) is 19.1. The molecule has 0 saturated carbocycles. The lowest BCUT2D eigenvalue weighted by atomic mass is 9.78. The number of nitrogens with zero attached hydrogens (tertiary/aromatic N) is 1. The summed E-state index contributed by atoms with van der Waals surface area (Å²) in [5.41, 5.74) is 0.767. The number of rotatable bonds is 8. The summed E-state index contributed by atoms with van der Waals surface area (Å²) >= 11 is 13.0. The Hall–Kier alpha value is -3.26. The summed E-state index contributed by atoms with van der Waals surface area (Å²) in [6.45, 7) is 2.18. The van der Waals surface area contributed by atoms with Crippen LogP contribution in [0.4, 0.5) is 10.1 Å². The average Bonchev–Trinajstić information content (AvgIpc) is 2.85. The molecule has 1 aliphatic rings. The highest BCUT2D eigenvalue weighted by molar-refractivity contribution is 8.03. The zero-order valence-corrected chi connectivity index (χ0v) is 21.4. The summed E-state index contributed by atoms with van der Waals surface area (Å²) in [5, 5.41) is 15.3. The van der Waals surface area contributed by atoms with E-state index in [-0.39, 0.29) is 32.1 Å². The lowest BCUT2D eigenvalue weighted by Gasteiger charge is -2.31. The van der Waals surface area contributed by atoms with E-state index in [0.29, 0.717) is 17.9 Å². The number of carbonyl (C=O) groups excluding carboxylic acids is 3. The van der Waals surface area contributed by atoms with Gasteiger partial charge < -0.3 is 20.1 Å². The number of nitriles is 1. The fourth-order valence-corrected chi connectivity index (χ4v) is 4.84. The molecule has 2 amide bonds. The standard InChI is InChI=1S/C24H20Cl2FN3O5S/c1-3-35-18-7-4-12(8-16(18)26)20-14(10-28)23(30-22(32)21(20)24(33)34-2)36-11-19(31)29-13-5-6-17(27)15(25)9-13/h4-9,20-21H,3,11H2,1-2H3,(H,29,31)(H,30,32)/t20-,21+/m0/s1. The van der Waals surface area contributed by atoms with Gasteiger partial charge in [0.15, 0.2) is 0 Å². The number of benzene rings is 2.